The topological polar surface area (TPSA) is 138 Å². The number of aromatic nitrogens is 4. The lowest BCUT2D eigenvalue weighted by atomic mass is 10.2. The van der Waals surface area contributed by atoms with E-state index in [2.05, 4.69) is 19.9 Å². The van der Waals surface area contributed by atoms with Crippen LogP contribution in [0.2, 0.25) is 0 Å². The molecular weight excluding hydrogens is 336 g/mol. The highest BCUT2D eigenvalue weighted by Gasteiger charge is 2.32. The summed E-state index contributed by atoms with van der Waals surface area (Å²) >= 11 is 0. The number of aromatic amines is 1. The van der Waals surface area contributed by atoms with Gasteiger partial charge in [0, 0.05) is 12.1 Å². The minimum atomic E-state index is -1.19. The quantitative estimate of drug-likeness (QED) is 0.640. The summed E-state index contributed by atoms with van der Waals surface area (Å²) in [7, 11) is 0. The molecule has 1 aromatic carbocycles. The van der Waals surface area contributed by atoms with E-state index in [1.54, 1.807) is 4.90 Å². The van der Waals surface area contributed by atoms with Crippen molar-refractivity contribution >= 4 is 28.9 Å². The average molecular weight is 352 g/mol. The number of amides is 1. The van der Waals surface area contributed by atoms with Crippen LogP contribution in [-0.2, 0) is 4.79 Å². The van der Waals surface area contributed by atoms with Crippen molar-refractivity contribution in [3.05, 3.63) is 36.2 Å². The van der Waals surface area contributed by atoms with Crippen LogP contribution in [0.5, 0.6) is 0 Å². The first-order valence-electron chi connectivity index (χ1n) is 8.17. The third-order valence-corrected chi connectivity index (χ3v) is 4.42. The number of nitrogens with two attached hydrogens (primary N) is 1. The monoisotopic (exact) mass is 352 g/mol. The minimum Gasteiger partial charge on any atom is -0.475 e. The lowest BCUT2D eigenvalue weighted by Crippen LogP contribution is -2.41. The van der Waals surface area contributed by atoms with Crippen LogP contribution in [0, 0.1) is 0 Å². The Morgan fingerprint density at radius 3 is 2.65 bits per heavy atom. The summed E-state index contributed by atoms with van der Waals surface area (Å²) in [4.78, 5) is 40.7. The van der Waals surface area contributed by atoms with Crippen LogP contribution in [0.25, 0.3) is 22.6 Å². The van der Waals surface area contributed by atoms with Gasteiger partial charge in [0.2, 0.25) is 11.7 Å². The van der Waals surface area contributed by atoms with Gasteiger partial charge in [-0.2, -0.15) is 0 Å². The number of hydrogen-bond donors (Lipinski definition) is 3. The van der Waals surface area contributed by atoms with Crippen molar-refractivity contribution < 1.29 is 14.7 Å². The lowest BCUT2D eigenvalue weighted by molar-refractivity contribution is -0.119. The molecule has 9 nitrogen and oxygen atoms in total. The third-order valence-electron chi connectivity index (χ3n) is 4.42. The highest BCUT2D eigenvalue weighted by Crippen LogP contribution is 2.31. The zero-order valence-corrected chi connectivity index (χ0v) is 13.7. The number of imidazole rings is 1. The molecule has 0 saturated carbocycles. The van der Waals surface area contributed by atoms with Crippen LogP contribution in [0.1, 0.15) is 23.5 Å². The summed E-state index contributed by atoms with van der Waals surface area (Å²) in [6.45, 7) is 0.593. The number of carboxylic acids is 1. The van der Waals surface area contributed by atoms with Crippen molar-refractivity contribution in [3.63, 3.8) is 0 Å². The Morgan fingerprint density at radius 1 is 1.19 bits per heavy atom. The van der Waals surface area contributed by atoms with Crippen molar-refractivity contribution in [2.24, 2.45) is 5.73 Å². The number of carbonyl (C=O) groups is 2. The number of fused-ring (bicyclic) bond motifs is 1. The highest BCUT2D eigenvalue weighted by molar-refractivity contribution is 5.94. The second-order valence-corrected chi connectivity index (χ2v) is 6.08. The predicted octanol–water partition coefficient (Wildman–Crippen LogP) is 1.17. The Morgan fingerprint density at radius 2 is 1.96 bits per heavy atom. The van der Waals surface area contributed by atoms with Gasteiger partial charge in [0.05, 0.1) is 0 Å². The number of rotatable bonds is 4. The molecule has 2 aromatic heterocycles. The molecule has 4 N–H and O–H groups in total. The Hall–Kier alpha value is -3.49. The number of benzene rings is 1. The van der Waals surface area contributed by atoms with Crippen molar-refractivity contribution in [3.8, 4) is 11.4 Å². The van der Waals surface area contributed by atoms with Crippen LogP contribution >= 0.6 is 0 Å². The second kappa shape index (κ2) is 6.10. The van der Waals surface area contributed by atoms with Gasteiger partial charge in [-0.25, -0.2) is 19.7 Å². The molecule has 4 rings (SSSR count). The van der Waals surface area contributed by atoms with Gasteiger partial charge in [-0.3, -0.25) is 4.79 Å². The number of primary amides is 1. The first kappa shape index (κ1) is 16.0. The largest absolute Gasteiger partial charge is 0.475 e. The van der Waals surface area contributed by atoms with Gasteiger partial charge in [-0.05, 0) is 12.8 Å². The molecule has 132 valence electrons. The minimum absolute atomic E-state index is 0.226. The van der Waals surface area contributed by atoms with Gasteiger partial charge in [0.15, 0.2) is 17.3 Å². The number of nitrogens with one attached hydrogen (secondary N) is 1. The number of hydrogen-bond acceptors (Lipinski definition) is 6. The summed E-state index contributed by atoms with van der Waals surface area (Å²) < 4.78 is 0. The Bertz CT molecular complexity index is 1000. The molecule has 1 aliphatic heterocycles. The Labute approximate surface area is 147 Å². The van der Waals surface area contributed by atoms with E-state index in [1.165, 1.54) is 0 Å². The molecule has 1 atom stereocenters. The molecule has 9 heteroatoms. The van der Waals surface area contributed by atoms with Crippen molar-refractivity contribution in [1.82, 2.24) is 19.9 Å². The van der Waals surface area contributed by atoms with Crippen LogP contribution in [0.3, 0.4) is 0 Å². The normalized spacial score (nSPS) is 16.9. The van der Waals surface area contributed by atoms with E-state index in [0.717, 1.165) is 12.0 Å². The zero-order chi connectivity index (χ0) is 18.3. The Balaban J connectivity index is 1.94. The van der Waals surface area contributed by atoms with E-state index in [9.17, 15) is 14.7 Å². The predicted molar refractivity (Wildman–Crippen MR) is 93.6 cm³/mol. The maximum Gasteiger partial charge on any atom is 0.371 e. The molecule has 1 saturated heterocycles. The highest BCUT2D eigenvalue weighted by atomic mass is 16.4. The maximum absolute atomic E-state index is 11.8. The SMILES string of the molecule is NC(=O)[C@H]1CCCN1c1nc(-c2ccccc2)nc2nc(C(=O)O)[nH]c12. The van der Waals surface area contributed by atoms with Crippen LogP contribution in [-0.4, -0.2) is 49.5 Å². The fourth-order valence-corrected chi connectivity index (χ4v) is 3.22. The maximum atomic E-state index is 11.8. The van der Waals surface area contributed by atoms with Gasteiger partial charge in [-0.15, -0.1) is 0 Å². The third kappa shape index (κ3) is 2.63. The van der Waals surface area contributed by atoms with Gasteiger partial charge < -0.3 is 20.7 Å². The lowest BCUT2D eigenvalue weighted by Gasteiger charge is -2.23. The molecule has 1 amide bonds. The van der Waals surface area contributed by atoms with Crippen LogP contribution in [0.4, 0.5) is 5.82 Å². The summed E-state index contributed by atoms with van der Waals surface area (Å²) in [5.74, 6) is -1.01. The first-order chi connectivity index (χ1) is 12.5. The summed E-state index contributed by atoms with van der Waals surface area (Å²) in [6, 6.07) is 8.81. The van der Waals surface area contributed by atoms with E-state index in [4.69, 9.17) is 5.73 Å². The smallest absolute Gasteiger partial charge is 0.371 e. The second-order valence-electron chi connectivity index (χ2n) is 6.08. The molecule has 1 aliphatic rings. The number of aromatic carboxylic acids is 1. The van der Waals surface area contributed by atoms with Crippen molar-refractivity contribution in [2.45, 2.75) is 18.9 Å². The van der Waals surface area contributed by atoms with E-state index in [-0.39, 0.29) is 11.5 Å². The van der Waals surface area contributed by atoms with Crippen LogP contribution < -0.4 is 10.6 Å². The molecule has 0 unspecified atom stereocenters. The van der Waals surface area contributed by atoms with Gasteiger partial charge in [-0.1, -0.05) is 30.3 Å². The van der Waals surface area contributed by atoms with E-state index >= 15 is 0 Å². The van der Waals surface area contributed by atoms with E-state index < -0.39 is 17.9 Å². The first-order valence-corrected chi connectivity index (χ1v) is 8.17. The number of anilines is 1. The molecule has 1 fully saturated rings. The summed E-state index contributed by atoms with van der Waals surface area (Å²) in [6.07, 6.45) is 1.42. The Kier molecular flexibility index (Phi) is 3.76. The molecule has 0 bridgehead atoms. The molecule has 0 spiro atoms. The van der Waals surface area contributed by atoms with Crippen molar-refractivity contribution in [2.75, 3.05) is 11.4 Å². The molecule has 26 heavy (non-hydrogen) atoms. The van der Waals surface area contributed by atoms with Gasteiger partial charge in [0.25, 0.3) is 0 Å². The van der Waals surface area contributed by atoms with Gasteiger partial charge in [0.1, 0.15) is 11.6 Å². The summed E-state index contributed by atoms with van der Waals surface area (Å²) in [5.41, 5.74) is 6.92. The van der Waals surface area contributed by atoms with Crippen molar-refractivity contribution in [1.29, 1.82) is 0 Å². The standard InChI is InChI=1S/C17H16N6O3/c18-12(24)10-7-4-8-23(10)16-11-14(21-15(19-11)17(25)26)20-13(22-16)9-5-2-1-3-6-9/h1-3,5-6,10H,4,7-8H2,(H2,18,24)(H,25,26)(H,19,20,21,22)/t10-/m1/s1. The molecule has 3 aromatic rings. The van der Waals surface area contributed by atoms with E-state index in [1.807, 2.05) is 30.3 Å². The number of H-pyrrole nitrogens is 1. The molecule has 0 aliphatic carbocycles. The fraction of sp³-hybridized carbons (Fsp3) is 0.235. The van der Waals surface area contributed by atoms with E-state index in [0.29, 0.717) is 30.1 Å². The number of carbonyl (C=O) groups excluding carboxylic acids is 1. The average Bonchev–Trinajstić information content (AvgIpc) is 3.28. The number of carboxylic acid groups (broad SMARTS) is 1. The summed E-state index contributed by atoms with van der Waals surface area (Å²) in [5, 5.41) is 9.24. The van der Waals surface area contributed by atoms with Gasteiger partial charge >= 0.3 is 5.97 Å². The molecule has 0 radical (unpaired) electrons. The van der Waals surface area contributed by atoms with Crippen LogP contribution in [0.15, 0.2) is 30.3 Å². The fourth-order valence-electron chi connectivity index (χ4n) is 3.22. The number of nitrogens with zero attached hydrogens (tertiary/aromatic N) is 4. The molecular formula is C17H16N6O3. The molecule has 3 heterocycles. The zero-order valence-electron chi connectivity index (χ0n) is 13.7.